The quantitative estimate of drug-likeness (QED) is 0.436. The fourth-order valence-corrected chi connectivity index (χ4v) is 2.88. The normalized spacial score (nSPS) is 12.0. The highest BCUT2D eigenvalue weighted by molar-refractivity contribution is 7.89. The molecular weight excluding hydrogens is 356 g/mol. The lowest BCUT2D eigenvalue weighted by molar-refractivity contribution is -0.384. The van der Waals surface area contributed by atoms with E-state index in [-0.39, 0.29) is 10.6 Å². The highest BCUT2D eigenvalue weighted by Crippen LogP contribution is 2.27. The molecule has 0 saturated carbocycles. The van der Waals surface area contributed by atoms with Crippen LogP contribution in [0.3, 0.4) is 0 Å². The largest absolute Gasteiger partial charge is 0.295 e. The molecule has 0 aliphatic rings. The molecule has 0 aliphatic heterocycles. The second kappa shape index (κ2) is 8.07. The summed E-state index contributed by atoms with van der Waals surface area (Å²) in [4.78, 5) is 10.2. The Morgan fingerprint density at radius 2 is 1.88 bits per heavy atom. The van der Waals surface area contributed by atoms with E-state index in [0.717, 1.165) is 24.5 Å². The number of aryl methyl sites for hydroxylation is 1. The van der Waals surface area contributed by atoms with Gasteiger partial charge >= 0.3 is 0 Å². The molecule has 9 heteroatoms. The maximum absolute atomic E-state index is 11.4. The third-order valence-electron chi connectivity index (χ3n) is 3.75. The lowest BCUT2D eigenvalue weighted by Gasteiger charge is -2.07. The van der Waals surface area contributed by atoms with Crippen LogP contribution in [0, 0.1) is 10.1 Å². The number of nitrogens with one attached hydrogen (secondary N) is 1. The molecular formula is C17H20N4O4S. The van der Waals surface area contributed by atoms with E-state index in [1.807, 2.05) is 24.3 Å². The first-order chi connectivity index (χ1) is 12.2. The van der Waals surface area contributed by atoms with Gasteiger partial charge in [-0.3, -0.25) is 15.5 Å². The van der Waals surface area contributed by atoms with Crippen LogP contribution in [-0.4, -0.2) is 19.1 Å². The van der Waals surface area contributed by atoms with E-state index in [4.69, 9.17) is 5.14 Å². The molecule has 0 radical (unpaired) electrons. The Balaban J connectivity index is 2.27. The fraction of sp³-hybridized carbons (Fsp3) is 0.235. The van der Waals surface area contributed by atoms with Gasteiger partial charge in [0.2, 0.25) is 10.0 Å². The van der Waals surface area contributed by atoms with Gasteiger partial charge in [-0.1, -0.05) is 37.6 Å². The number of nitro groups is 1. The van der Waals surface area contributed by atoms with Gasteiger partial charge in [0.25, 0.3) is 5.69 Å². The van der Waals surface area contributed by atoms with Gasteiger partial charge in [-0.15, -0.1) is 0 Å². The van der Waals surface area contributed by atoms with Crippen LogP contribution >= 0.6 is 0 Å². The van der Waals surface area contributed by atoms with E-state index in [0.29, 0.717) is 5.71 Å². The van der Waals surface area contributed by atoms with Crippen molar-refractivity contribution >= 4 is 27.1 Å². The van der Waals surface area contributed by atoms with E-state index in [2.05, 4.69) is 17.5 Å². The predicted molar refractivity (Wildman–Crippen MR) is 101 cm³/mol. The van der Waals surface area contributed by atoms with E-state index in [1.165, 1.54) is 17.7 Å². The van der Waals surface area contributed by atoms with Crippen molar-refractivity contribution in [2.75, 3.05) is 5.43 Å². The molecule has 0 aromatic heterocycles. The molecule has 0 atom stereocenters. The van der Waals surface area contributed by atoms with E-state index < -0.39 is 20.6 Å². The molecule has 2 aromatic rings. The summed E-state index contributed by atoms with van der Waals surface area (Å²) in [7, 11) is -4.03. The topological polar surface area (TPSA) is 128 Å². The fourth-order valence-electron chi connectivity index (χ4n) is 2.34. The lowest BCUT2D eigenvalue weighted by atomic mass is 10.1. The van der Waals surface area contributed by atoms with Gasteiger partial charge in [-0.2, -0.15) is 5.10 Å². The van der Waals surface area contributed by atoms with E-state index >= 15 is 0 Å². The van der Waals surface area contributed by atoms with E-state index in [1.54, 1.807) is 6.92 Å². The zero-order valence-electron chi connectivity index (χ0n) is 14.5. The molecule has 138 valence electrons. The lowest BCUT2D eigenvalue weighted by Crippen LogP contribution is -2.12. The van der Waals surface area contributed by atoms with Crippen molar-refractivity contribution in [3.63, 3.8) is 0 Å². The Kier molecular flexibility index (Phi) is 6.06. The molecule has 2 rings (SSSR count). The summed E-state index contributed by atoms with van der Waals surface area (Å²) in [6, 6.07) is 11.3. The third-order valence-corrected chi connectivity index (χ3v) is 4.66. The molecule has 3 N–H and O–H groups in total. The Labute approximate surface area is 151 Å². The number of anilines is 1. The molecule has 0 amide bonds. The molecule has 2 aromatic carbocycles. The molecule has 0 heterocycles. The number of nitro benzene ring substituents is 1. The van der Waals surface area contributed by atoms with E-state index in [9.17, 15) is 18.5 Å². The number of primary sulfonamides is 1. The van der Waals surface area contributed by atoms with Gasteiger partial charge in [0.05, 0.1) is 15.5 Å². The van der Waals surface area contributed by atoms with Crippen molar-refractivity contribution in [2.24, 2.45) is 10.2 Å². The molecule has 0 saturated heterocycles. The predicted octanol–water partition coefficient (Wildman–Crippen LogP) is 3.03. The van der Waals surface area contributed by atoms with Crippen molar-refractivity contribution < 1.29 is 13.3 Å². The molecule has 0 unspecified atom stereocenters. The Morgan fingerprint density at radius 3 is 2.42 bits per heavy atom. The highest BCUT2D eigenvalue weighted by Gasteiger charge is 2.19. The van der Waals surface area contributed by atoms with Crippen molar-refractivity contribution in [3.8, 4) is 0 Å². The third kappa shape index (κ3) is 4.87. The second-order valence-electron chi connectivity index (χ2n) is 5.74. The number of sulfonamides is 1. The monoisotopic (exact) mass is 376 g/mol. The maximum atomic E-state index is 11.4. The zero-order chi connectivity index (χ0) is 19.3. The molecule has 26 heavy (non-hydrogen) atoms. The minimum Gasteiger partial charge on any atom is -0.271 e. The number of nitrogens with zero attached hydrogens (tertiary/aromatic N) is 2. The van der Waals surface area contributed by atoms with Crippen molar-refractivity contribution in [1.29, 1.82) is 0 Å². The summed E-state index contributed by atoms with van der Waals surface area (Å²) in [5.74, 6) is 0. The minimum atomic E-state index is -4.03. The Morgan fingerprint density at radius 1 is 1.23 bits per heavy atom. The van der Waals surface area contributed by atoms with Crippen LogP contribution in [0.4, 0.5) is 11.4 Å². The van der Waals surface area contributed by atoms with Gasteiger partial charge in [-0.25, -0.2) is 13.6 Å². The SMILES string of the molecule is CCCc1ccc(/C(C)=N\Nc2ccc(S(N)(=O)=O)cc2[N+](=O)[O-])cc1. The number of benzene rings is 2. The maximum Gasteiger partial charge on any atom is 0.295 e. The number of hydrazone groups is 1. The second-order valence-corrected chi connectivity index (χ2v) is 7.30. The number of nitrogens with two attached hydrogens (primary N) is 1. The Hall–Kier alpha value is -2.78. The van der Waals surface area contributed by atoms with Crippen molar-refractivity contribution in [2.45, 2.75) is 31.6 Å². The molecule has 0 bridgehead atoms. The highest BCUT2D eigenvalue weighted by atomic mass is 32.2. The van der Waals surface area contributed by atoms with Crippen LogP contribution in [0.5, 0.6) is 0 Å². The summed E-state index contributed by atoms with van der Waals surface area (Å²) < 4.78 is 22.7. The van der Waals surface area contributed by atoms with Crippen LogP contribution in [0.15, 0.2) is 52.5 Å². The van der Waals surface area contributed by atoms with Crippen LogP contribution < -0.4 is 10.6 Å². The van der Waals surface area contributed by atoms with Gasteiger partial charge in [-0.05, 0) is 36.6 Å². The molecule has 8 nitrogen and oxygen atoms in total. The average molecular weight is 376 g/mol. The molecule has 0 spiro atoms. The summed E-state index contributed by atoms with van der Waals surface area (Å²) in [5.41, 5.74) is 5.01. The first-order valence-electron chi connectivity index (χ1n) is 7.93. The van der Waals surface area contributed by atoms with Crippen LogP contribution in [-0.2, 0) is 16.4 Å². The molecule has 0 aliphatic carbocycles. The van der Waals surface area contributed by atoms with Crippen LogP contribution in [0.25, 0.3) is 0 Å². The first kappa shape index (κ1) is 19.5. The van der Waals surface area contributed by atoms with Crippen LogP contribution in [0.2, 0.25) is 0 Å². The standard InChI is InChI=1S/C17H20N4O4S/c1-3-4-13-5-7-14(8-6-13)12(2)19-20-16-10-9-15(26(18,24)25)11-17(16)21(22)23/h5-11,20H,3-4H2,1-2H3,(H2,18,24,25)/b19-12-. The smallest absolute Gasteiger partial charge is 0.271 e. The summed E-state index contributed by atoms with van der Waals surface area (Å²) in [6.45, 7) is 3.88. The van der Waals surface area contributed by atoms with Gasteiger partial charge in [0.15, 0.2) is 0 Å². The number of hydrogen-bond donors (Lipinski definition) is 2. The van der Waals surface area contributed by atoms with Crippen LogP contribution in [0.1, 0.15) is 31.4 Å². The van der Waals surface area contributed by atoms with Gasteiger partial charge in [0.1, 0.15) is 5.69 Å². The van der Waals surface area contributed by atoms with Gasteiger partial charge in [0, 0.05) is 6.07 Å². The zero-order valence-corrected chi connectivity index (χ0v) is 15.3. The number of hydrogen-bond acceptors (Lipinski definition) is 6. The van der Waals surface area contributed by atoms with Gasteiger partial charge < -0.3 is 0 Å². The first-order valence-corrected chi connectivity index (χ1v) is 9.48. The van der Waals surface area contributed by atoms with Crippen molar-refractivity contribution in [3.05, 3.63) is 63.7 Å². The summed E-state index contributed by atoms with van der Waals surface area (Å²) in [6.07, 6.45) is 2.06. The summed E-state index contributed by atoms with van der Waals surface area (Å²) in [5, 5.41) is 20.4. The number of rotatable bonds is 7. The average Bonchev–Trinajstić information content (AvgIpc) is 2.59. The Bertz CT molecular complexity index is 938. The summed E-state index contributed by atoms with van der Waals surface area (Å²) >= 11 is 0. The minimum absolute atomic E-state index is 0.0735. The van der Waals surface area contributed by atoms with Crippen molar-refractivity contribution in [1.82, 2.24) is 0 Å². The molecule has 0 fully saturated rings.